The Bertz CT molecular complexity index is 474. The Morgan fingerprint density at radius 3 is 1.90 bits per heavy atom. The molecule has 0 bridgehead atoms. The van der Waals surface area contributed by atoms with Crippen molar-refractivity contribution in [3.05, 3.63) is 71.8 Å². The standard InChI is InChI=1S/C19H25N/c1-3-18(4-2)20-19(17-13-9-6-10-14-17)15-16-11-7-5-8-12-16/h5-14,18-20H,3-4,15H2,1-2H3. The van der Waals surface area contributed by atoms with Gasteiger partial charge < -0.3 is 5.32 Å². The number of nitrogens with one attached hydrogen (secondary N) is 1. The molecular formula is C19H25N. The highest BCUT2D eigenvalue weighted by Gasteiger charge is 2.15. The van der Waals surface area contributed by atoms with E-state index in [2.05, 4.69) is 79.8 Å². The molecule has 0 aromatic heterocycles. The molecule has 0 amide bonds. The van der Waals surface area contributed by atoms with E-state index in [1.165, 1.54) is 24.0 Å². The van der Waals surface area contributed by atoms with Gasteiger partial charge in [-0.1, -0.05) is 74.5 Å². The van der Waals surface area contributed by atoms with Crippen LogP contribution in [0.4, 0.5) is 0 Å². The maximum absolute atomic E-state index is 3.82. The second kappa shape index (κ2) is 7.86. The molecule has 20 heavy (non-hydrogen) atoms. The van der Waals surface area contributed by atoms with E-state index in [4.69, 9.17) is 0 Å². The predicted octanol–water partition coefficient (Wildman–Crippen LogP) is 4.75. The van der Waals surface area contributed by atoms with Crippen LogP contribution in [-0.2, 0) is 6.42 Å². The van der Waals surface area contributed by atoms with Gasteiger partial charge in [0, 0.05) is 12.1 Å². The predicted molar refractivity (Wildman–Crippen MR) is 86.8 cm³/mol. The van der Waals surface area contributed by atoms with E-state index in [0.717, 1.165) is 6.42 Å². The summed E-state index contributed by atoms with van der Waals surface area (Å²) in [6.07, 6.45) is 3.39. The zero-order chi connectivity index (χ0) is 14.2. The summed E-state index contributed by atoms with van der Waals surface area (Å²) < 4.78 is 0. The van der Waals surface area contributed by atoms with E-state index in [-0.39, 0.29) is 0 Å². The average molecular weight is 267 g/mol. The number of hydrogen-bond acceptors (Lipinski definition) is 1. The number of benzene rings is 2. The van der Waals surface area contributed by atoms with Gasteiger partial charge >= 0.3 is 0 Å². The molecule has 0 aliphatic rings. The molecule has 0 saturated carbocycles. The Kier molecular flexibility index (Phi) is 5.82. The lowest BCUT2D eigenvalue weighted by Crippen LogP contribution is -2.33. The van der Waals surface area contributed by atoms with Gasteiger partial charge in [-0.2, -0.15) is 0 Å². The van der Waals surface area contributed by atoms with E-state index in [1.807, 2.05) is 0 Å². The molecule has 1 nitrogen and oxygen atoms in total. The van der Waals surface area contributed by atoms with Crippen LogP contribution in [0.1, 0.15) is 43.9 Å². The molecule has 0 spiro atoms. The summed E-state index contributed by atoms with van der Waals surface area (Å²) in [5.74, 6) is 0. The molecule has 0 saturated heterocycles. The molecule has 2 aromatic carbocycles. The molecule has 2 rings (SSSR count). The average Bonchev–Trinajstić information content (AvgIpc) is 2.53. The molecule has 0 heterocycles. The van der Waals surface area contributed by atoms with Gasteiger partial charge in [-0.15, -0.1) is 0 Å². The van der Waals surface area contributed by atoms with Gasteiger partial charge in [0.2, 0.25) is 0 Å². The van der Waals surface area contributed by atoms with Gasteiger partial charge in [0.15, 0.2) is 0 Å². The second-order valence-corrected chi connectivity index (χ2v) is 5.33. The third kappa shape index (κ3) is 4.21. The Balaban J connectivity index is 2.16. The van der Waals surface area contributed by atoms with Crippen molar-refractivity contribution in [3.63, 3.8) is 0 Å². The normalized spacial score (nSPS) is 12.6. The summed E-state index contributed by atoms with van der Waals surface area (Å²) in [4.78, 5) is 0. The van der Waals surface area contributed by atoms with E-state index in [0.29, 0.717) is 12.1 Å². The topological polar surface area (TPSA) is 12.0 Å². The Morgan fingerprint density at radius 2 is 1.35 bits per heavy atom. The third-order valence-electron chi connectivity index (χ3n) is 3.91. The lowest BCUT2D eigenvalue weighted by atomic mass is 9.97. The highest BCUT2D eigenvalue weighted by atomic mass is 14.9. The lowest BCUT2D eigenvalue weighted by Gasteiger charge is -2.25. The van der Waals surface area contributed by atoms with Crippen LogP contribution in [-0.4, -0.2) is 6.04 Å². The van der Waals surface area contributed by atoms with E-state index < -0.39 is 0 Å². The molecule has 0 aliphatic carbocycles. The van der Waals surface area contributed by atoms with Crippen LogP contribution in [0.5, 0.6) is 0 Å². The molecule has 1 unspecified atom stereocenters. The van der Waals surface area contributed by atoms with Gasteiger partial charge in [0.1, 0.15) is 0 Å². The molecule has 1 atom stereocenters. The number of rotatable bonds is 7. The minimum atomic E-state index is 0.392. The van der Waals surface area contributed by atoms with Gasteiger partial charge in [-0.3, -0.25) is 0 Å². The largest absolute Gasteiger partial charge is 0.307 e. The van der Waals surface area contributed by atoms with Crippen molar-refractivity contribution in [2.24, 2.45) is 0 Å². The molecule has 0 fully saturated rings. The Labute approximate surface area is 123 Å². The van der Waals surface area contributed by atoms with Gasteiger partial charge in [0.05, 0.1) is 0 Å². The summed E-state index contributed by atoms with van der Waals surface area (Å²) in [6.45, 7) is 4.51. The van der Waals surface area contributed by atoms with Crippen LogP contribution >= 0.6 is 0 Å². The van der Waals surface area contributed by atoms with Crippen molar-refractivity contribution < 1.29 is 0 Å². The van der Waals surface area contributed by atoms with Crippen LogP contribution in [0.2, 0.25) is 0 Å². The van der Waals surface area contributed by atoms with Crippen molar-refractivity contribution in [2.45, 2.75) is 45.2 Å². The van der Waals surface area contributed by atoms with Gasteiger partial charge in [-0.25, -0.2) is 0 Å². The molecule has 1 heteroatoms. The monoisotopic (exact) mass is 267 g/mol. The quantitative estimate of drug-likeness (QED) is 0.763. The zero-order valence-corrected chi connectivity index (χ0v) is 12.5. The third-order valence-corrected chi connectivity index (χ3v) is 3.91. The summed E-state index contributed by atoms with van der Waals surface area (Å²) in [6, 6.07) is 22.5. The molecule has 2 aromatic rings. The lowest BCUT2D eigenvalue weighted by molar-refractivity contribution is 0.412. The van der Waals surface area contributed by atoms with Crippen molar-refractivity contribution in [3.8, 4) is 0 Å². The minimum Gasteiger partial charge on any atom is -0.307 e. The fourth-order valence-electron chi connectivity index (χ4n) is 2.62. The van der Waals surface area contributed by atoms with Crippen LogP contribution in [0.3, 0.4) is 0 Å². The summed E-state index contributed by atoms with van der Waals surface area (Å²) in [5, 5.41) is 3.82. The summed E-state index contributed by atoms with van der Waals surface area (Å²) in [7, 11) is 0. The minimum absolute atomic E-state index is 0.392. The summed E-state index contributed by atoms with van der Waals surface area (Å²) in [5.41, 5.74) is 2.77. The summed E-state index contributed by atoms with van der Waals surface area (Å²) >= 11 is 0. The van der Waals surface area contributed by atoms with E-state index >= 15 is 0 Å². The zero-order valence-electron chi connectivity index (χ0n) is 12.5. The van der Waals surface area contributed by atoms with E-state index in [1.54, 1.807) is 0 Å². The van der Waals surface area contributed by atoms with Crippen LogP contribution < -0.4 is 5.32 Å². The van der Waals surface area contributed by atoms with Crippen LogP contribution in [0, 0.1) is 0 Å². The molecule has 0 radical (unpaired) electrons. The fraction of sp³-hybridized carbons (Fsp3) is 0.368. The molecular weight excluding hydrogens is 242 g/mol. The SMILES string of the molecule is CCC(CC)NC(Cc1ccccc1)c1ccccc1. The highest BCUT2D eigenvalue weighted by Crippen LogP contribution is 2.20. The van der Waals surface area contributed by atoms with Crippen molar-refractivity contribution in [1.29, 1.82) is 0 Å². The fourth-order valence-corrected chi connectivity index (χ4v) is 2.62. The van der Waals surface area contributed by atoms with Gasteiger partial charge in [-0.05, 0) is 30.4 Å². The molecule has 1 N–H and O–H groups in total. The first-order chi connectivity index (χ1) is 9.83. The van der Waals surface area contributed by atoms with Crippen LogP contribution in [0.25, 0.3) is 0 Å². The maximum Gasteiger partial charge on any atom is 0.0363 e. The first kappa shape index (κ1) is 14.8. The number of hydrogen-bond donors (Lipinski definition) is 1. The van der Waals surface area contributed by atoms with Gasteiger partial charge in [0.25, 0.3) is 0 Å². The molecule has 0 aliphatic heterocycles. The van der Waals surface area contributed by atoms with Crippen LogP contribution in [0.15, 0.2) is 60.7 Å². The van der Waals surface area contributed by atoms with Crippen molar-refractivity contribution >= 4 is 0 Å². The van der Waals surface area contributed by atoms with E-state index in [9.17, 15) is 0 Å². The first-order valence-electron chi connectivity index (χ1n) is 7.68. The highest BCUT2D eigenvalue weighted by molar-refractivity contribution is 5.23. The molecule has 106 valence electrons. The smallest absolute Gasteiger partial charge is 0.0363 e. The van der Waals surface area contributed by atoms with Crippen molar-refractivity contribution in [1.82, 2.24) is 5.32 Å². The first-order valence-corrected chi connectivity index (χ1v) is 7.68. The van der Waals surface area contributed by atoms with Crippen molar-refractivity contribution in [2.75, 3.05) is 0 Å². The Hall–Kier alpha value is -1.60. The maximum atomic E-state index is 3.82. The second-order valence-electron chi connectivity index (χ2n) is 5.33. The Morgan fingerprint density at radius 1 is 0.800 bits per heavy atom.